The van der Waals surface area contributed by atoms with E-state index in [2.05, 4.69) is 0 Å². The van der Waals surface area contributed by atoms with Gasteiger partial charge >= 0.3 is 0 Å². The Kier molecular flexibility index (Phi) is 2.74. The fraction of sp³-hybridized carbons (Fsp3) is 0.900. The number of nitrogens with zero attached hydrogens (tertiary/aromatic N) is 1. The predicted molar refractivity (Wildman–Crippen MR) is 52.5 cm³/mol. The van der Waals surface area contributed by atoms with Crippen molar-refractivity contribution in [1.29, 1.82) is 0 Å². The second-order valence-electron chi connectivity index (χ2n) is 4.51. The lowest BCUT2D eigenvalue weighted by atomic mass is 10.1. The Labute approximate surface area is 84.1 Å². The molecule has 3 atom stereocenters. The molecule has 4 heteroatoms. The Morgan fingerprint density at radius 1 is 1.43 bits per heavy atom. The topological polar surface area (TPSA) is 66.6 Å². The van der Waals surface area contributed by atoms with Crippen LogP contribution in [0.1, 0.15) is 25.7 Å². The van der Waals surface area contributed by atoms with Crippen LogP contribution in [-0.4, -0.2) is 41.1 Å². The van der Waals surface area contributed by atoms with E-state index < -0.39 is 0 Å². The van der Waals surface area contributed by atoms with Crippen LogP contribution >= 0.6 is 0 Å². The number of carbonyl (C=O) groups excluding carboxylic acids is 1. The lowest BCUT2D eigenvalue weighted by Crippen LogP contribution is -2.36. The van der Waals surface area contributed by atoms with Gasteiger partial charge in [0.2, 0.25) is 5.91 Å². The van der Waals surface area contributed by atoms with Gasteiger partial charge in [-0.15, -0.1) is 0 Å². The maximum atomic E-state index is 11.5. The molecule has 0 radical (unpaired) electrons. The van der Waals surface area contributed by atoms with Gasteiger partial charge in [0, 0.05) is 13.1 Å². The number of carbonyl (C=O) groups is 1. The van der Waals surface area contributed by atoms with E-state index in [0.29, 0.717) is 5.92 Å². The first-order valence-corrected chi connectivity index (χ1v) is 5.39. The molecule has 4 nitrogen and oxygen atoms in total. The Morgan fingerprint density at radius 2 is 2.21 bits per heavy atom. The van der Waals surface area contributed by atoms with Crippen LogP contribution in [0.15, 0.2) is 0 Å². The van der Waals surface area contributed by atoms with Gasteiger partial charge in [-0.3, -0.25) is 4.79 Å². The first-order chi connectivity index (χ1) is 6.66. The SMILES string of the molecule is NC1CCN(CC2CCC(O)C2)C1=O. The quantitative estimate of drug-likeness (QED) is 0.640. The van der Waals surface area contributed by atoms with Crippen molar-refractivity contribution in [3.05, 3.63) is 0 Å². The molecule has 1 saturated carbocycles. The number of aliphatic hydroxyl groups is 1. The fourth-order valence-corrected chi connectivity index (χ4v) is 2.47. The van der Waals surface area contributed by atoms with Crippen molar-refractivity contribution in [3.8, 4) is 0 Å². The van der Waals surface area contributed by atoms with E-state index in [4.69, 9.17) is 5.73 Å². The molecule has 1 aliphatic carbocycles. The summed E-state index contributed by atoms with van der Waals surface area (Å²) < 4.78 is 0. The highest BCUT2D eigenvalue weighted by Gasteiger charge is 2.32. The molecule has 3 N–H and O–H groups in total. The molecule has 1 amide bonds. The third-order valence-corrected chi connectivity index (χ3v) is 3.33. The van der Waals surface area contributed by atoms with Crippen LogP contribution < -0.4 is 5.73 Å². The molecule has 0 spiro atoms. The summed E-state index contributed by atoms with van der Waals surface area (Å²) in [7, 11) is 0. The summed E-state index contributed by atoms with van der Waals surface area (Å²) in [5.41, 5.74) is 5.63. The predicted octanol–water partition coefficient (Wildman–Crippen LogP) is -0.293. The molecule has 1 heterocycles. The van der Waals surface area contributed by atoms with Gasteiger partial charge in [0.1, 0.15) is 0 Å². The van der Waals surface area contributed by atoms with Gasteiger partial charge in [-0.1, -0.05) is 0 Å². The maximum absolute atomic E-state index is 11.5. The molecule has 0 bridgehead atoms. The first-order valence-electron chi connectivity index (χ1n) is 5.39. The fourth-order valence-electron chi connectivity index (χ4n) is 2.47. The summed E-state index contributed by atoms with van der Waals surface area (Å²) in [6.45, 7) is 1.59. The van der Waals surface area contributed by atoms with Gasteiger partial charge < -0.3 is 15.7 Å². The first kappa shape index (κ1) is 9.93. The van der Waals surface area contributed by atoms with E-state index in [1.54, 1.807) is 0 Å². The number of aliphatic hydroxyl groups excluding tert-OH is 1. The molecular formula is C10H18N2O2. The minimum absolute atomic E-state index is 0.0892. The highest BCUT2D eigenvalue weighted by molar-refractivity contribution is 5.83. The zero-order valence-electron chi connectivity index (χ0n) is 8.35. The summed E-state index contributed by atoms with van der Waals surface area (Å²) in [6, 6.07) is -0.277. The van der Waals surface area contributed by atoms with Crippen molar-refractivity contribution in [1.82, 2.24) is 4.90 Å². The van der Waals surface area contributed by atoms with Gasteiger partial charge in [-0.05, 0) is 31.6 Å². The van der Waals surface area contributed by atoms with Gasteiger partial charge in [0.25, 0.3) is 0 Å². The van der Waals surface area contributed by atoms with Crippen molar-refractivity contribution < 1.29 is 9.90 Å². The lowest BCUT2D eigenvalue weighted by Gasteiger charge is -2.20. The van der Waals surface area contributed by atoms with Gasteiger partial charge in [-0.2, -0.15) is 0 Å². The molecule has 14 heavy (non-hydrogen) atoms. The van der Waals surface area contributed by atoms with Crippen molar-refractivity contribution in [2.24, 2.45) is 11.7 Å². The molecule has 0 aromatic heterocycles. The summed E-state index contributed by atoms with van der Waals surface area (Å²) in [5.74, 6) is 0.575. The van der Waals surface area contributed by atoms with E-state index in [0.717, 1.165) is 38.8 Å². The summed E-state index contributed by atoms with van der Waals surface area (Å²) in [5, 5.41) is 9.36. The largest absolute Gasteiger partial charge is 0.393 e. The summed E-state index contributed by atoms with van der Waals surface area (Å²) in [4.78, 5) is 13.4. The van der Waals surface area contributed by atoms with E-state index in [1.165, 1.54) is 0 Å². The second-order valence-corrected chi connectivity index (χ2v) is 4.51. The Balaban J connectivity index is 1.83. The third kappa shape index (κ3) is 1.91. The van der Waals surface area contributed by atoms with Crippen molar-refractivity contribution in [2.75, 3.05) is 13.1 Å². The van der Waals surface area contributed by atoms with Crippen LogP contribution in [-0.2, 0) is 4.79 Å². The van der Waals surface area contributed by atoms with Crippen LogP contribution in [0, 0.1) is 5.92 Å². The van der Waals surface area contributed by atoms with Crippen LogP contribution in [0.2, 0.25) is 0 Å². The van der Waals surface area contributed by atoms with Gasteiger partial charge in [-0.25, -0.2) is 0 Å². The molecule has 2 aliphatic rings. The molecule has 1 saturated heterocycles. The van der Waals surface area contributed by atoms with Crippen molar-refractivity contribution in [2.45, 2.75) is 37.8 Å². The second kappa shape index (κ2) is 3.87. The monoisotopic (exact) mass is 198 g/mol. The minimum atomic E-state index is -0.277. The van der Waals surface area contributed by atoms with Crippen LogP contribution in [0.5, 0.6) is 0 Å². The number of likely N-dealkylation sites (tertiary alicyclic amines) is 1. The Hall–Kier alpha value is -0.610. The maximum Gasteiger partial charge on any atom is 0.239 e. The Bertz CT molecular complexity index is 232. The van der Waals surface area contributed by atoms with E-state index >= 15 is 0 Å². The molecule has 1 aliphatic heterocycles. The van der Waals surface area contributed by atoms with E-state index in [1.807, 2.05) is 4.90 Å². The van der Waals surface area contributed by atoms with Crippen LogP contribution in [0.3, 0.4) is 0 Å². The smallest absolute Gasteiger partial charge is 0.239 e. The number of amides is 1. The average molecular weight is 198 g/mol. The molecule has 2 rings (SSSR count). The molecule has 0 aromatic rings. The highest BCUT2D eigenvalue weighted by atomic mass is 16.3. The van der Waals surface area contributed by atoms with Crippen LogP contribution in [0.4, 0.5) is 0 Å². The lowest BCUT2D eigenvalue weighted by molar-refractivity contribution is -0.129. The average Bonchev–Trinajstić information content (AvgIpc) is 2.67. The molecule has 2 fully saturated rings. The molecular weight excluding hydrogens is 180 g/mol. The van der Waals surface area contributed by atoms with E-state index in [-0.39, 0.29) is 18.1 Å². The number of rotatable bonds is 2. The third-order valence-electron chi connectivity index (χ3n) is 3.33. The van der Waals surface area contributed by atoms with Gasteiger partial charge in [0.05, 0.1) is 12.1 Å². The molecule has 3 unspecified atom stereocenters. The van der Waals surface area contributed by atoms with Crippen LogP contribution in [0.25, 0.3) is 0 Å². The number of hydrogen-bond donors (Lipinski definition) is 2. The van der Waals surface area contributed by atoms with Crippen molar-refractivity contribution in [3.63, 3.8) is 0 Å². The molecule has 80 valence electrons. The highest BCUT2D eigenvalue weighted by Crippen LogP contribution is 2.27. The standard InChI is InChI=1S/C10H18N2O2/c11-9-3-4-12(10(9)14)6-7-1-2-8(13)5-7/h7-9,13H,1-6,11H2. The minimum Gasteiger partial charge on any atom is -0.393 e. The zero-order valence-corrected chi connectivity index (χ0v) is 8.35. The summed E-state index contributed by atoms with van der Waals surface area (Å²) >= 11 is 0. The number of hydrogen-bond acceptors (Lipinski definition) is 3. The van der Waals surface area contributed by atoms with Crippen molar-refractivity contribution >= 4 is 5.91 Å². The Morgan fingerprint density at radius 3 is 2.71 bits per heavy atom. The van der Waals surface area contributed by atoms with Gasteiger partial charge in [0.15, 0.2) is 0 Å². The zero-order chi connectivity index (χ0) is 10.1. The number of nitrogens with two attached hydrogens (primary N) is 1. The normalized spacial score (nSPS) is 38.3. The summed E-state index contributed by atoms with van der Waals surface area (Å²) in [6.07, 6.45) is 3.41. The molecule has 0 aromatic carbocycles. The van der Waals surface area contributed by atoms with E-state index in [9.17, 15) is 9.90 Å².